The molecule has 0 bridgehead atoms. The van der Waals surface area contributed by atoms with Crippen molar-refractivity contribution in [2.24, 2.45) is 0 Å². The maximum absolute atomic E-state index is 12.7. The van der Waals surface area contributed by atoms with Crippen molar-refractivity contribution in [3.63, 3.8) is 0 Å². The topological polar surface area (TPSA) is 16.6 Å². The summed E-state index contributed by atoms with van der Waals surface area (Å²) < 4.78 is 12.7. The molecule has 17 heavy (non-hydrogen) atoms. The van der Waals surface area contributed by atoms with Crippen molar-refractivity contribution in [3.05, 3.63) is 71.5 Å². The van der Waals surface area contributed by atoms with Gasteiger partial charge >= 0.3 is 0 Å². The van der Waals surface area contributed by atoms with E-state index in [1.165, 1.54) is 17.7 Å². The SMILES string of the molecule is C[C@@H]([NH2+]Cc1ccc(F)cc1)c1ccccc1. The van der Waals surface area contributed by atoms with Gasteiger partial charge in [-0.3, -0.25) is 0 Å². The van der Waals surface area contributed by atoms with E-state index >= 15 is 0 Å². The summed E-state index contributed by atoms with van der Waals surface area (Å²) in [6.45, 7) is 3.05. The first kappa shape index (κ1) is 11.8. The molecule has 0 amide bonds. The average Bonchev–Trinajstić information content (AvgIpc) is 2.39. The fourth-order valence-electron chi connectivity index (χ4n) is 1.83. The molecule has 1 atom stereocenters. The first-order valence-corrected chi connectivity index (χ1v) is 5.88. The zero-order chi connectivity index (χ0) is 12.1. The number of halogens is 1. The van der Waals surface area contributed by atoms with Crippen molar-refractivity contribution in [1.29, 1.82) is 0 Å². The normalized spacial score (nSPS) is 12.4. The van der Waals surface area contributed by atoms with Crippen LogP contribution in [0.1, 0.15) is 24.1 Å². The predicted octanol–water partition coefficient (Wildman–Crippen LogP) is 2.65. The van der Waals surface area contributed by atoms with Crippen molar-refractivity contribution in [2.75, 3.05) is 0 Å². The first-order valence-electron chi connectivity index (χ1n) is 5.88. The Labute approximate surface area is 101 Å². The van der Waals surface area contributed by atoms with E-state index in [2.05, 4.69) is 36.5 Å². The average molecular weight is 230 g/mol. The highest BCUT2D eigenvalue weighted by Crippen LogP contribution is 2.07. The lowest BCUT2D eigenvalue weighted by Crippen LogP contribution is -2.83. The molecule has 0 saturated heterocycles. The van der Waals surface area contributed by atoms with E-state index in [-0.39, 0.29) is 5.82 Å². The van der Waals surface area contributed by atoms with Crippen LogP contribution in [0.3, 0.4) is 0 Å². The zero-order valence-corrected chi connectivity index (χ0v) is 9.94. The molecule has 0 unspecified atom stereocenters. The van der Waals surface area contributed by atoms with Crippen molar-refractivity contribution < 1.29 is 9.71 Å². The molecule has 0 saturated carbocycles. The third-order valence-electron chi connectivity index (χ3n) is 2.95. The van der Waals surface area contributed by atoms with Crippen molar-refractivity contribution in [2.45, 2.75) is 19.5 Å². The quantitative estimate of drug-likeness (QED) is 0.831. The monoisotopic (exact) mass is 230 g/mol. The molecule has 2 aromatic rings. The van der Waals surface area contributed by atoms with Gasteiger partial charge in [0.1, 0.15) is 18.4 Å². The Balaban J connectivity index is 1.92. The van der Waals surface area contributed by atoms with Crippen molar-refractivity contribution >= 4 is 0 Å². The molecule has 0 spiro atoms. The van der Waals surface area contributed by atoms with Gasteiger partial charge in [-0.2, -0.15) is 0 Å². The smallest absolute Gasteiger partial charge is 0.123 e. The second-order valence-corrected chi connectivity index (χ2v) is 4.27. The molecule has 1 nitrogen and oxygen atoms in total. The van der Waals surface area contributed by atoms with Gasteiger partial charge < -0.3 is 5.32 Å². The Bertz CT molecular complexity index is 450. The molecule has 0 radical (unpaired) electrons. The van der Waals surface area contributed by atoms with Gasteiger partial charge in [0.15, 0.2) is 0 Å². The van der Waals surface area contributed by atoms with E-state index in [0.29, 0.717) is 6.04 Å². The Morgan fingerprint density at radius 3 is 2.29 bits per heavy atom. The van der Waals surface area contributed by atoms with E-state index in [1.54, 1.807) is 0 Å². The minimum atomic E-state index is -0.176. The van der Waals surface area contributed by atoms with Crippen LogP contribution in [-0.4, -0.2) is 0 Å². The van der Waals surface area contributed by atoms with Gasteiger partial charge in [-0.05, 0) is 19.1 Å². The summed E-state index contributed by atoms with van der Waals surface area (Å²) in [5.74, 6) is -0.176. The van der Waals surface area contributed by atoms with E-state index in [4.69, 9.17) is 0 Å². The van der Waals surface area contributed by atoms with Crippen LogP contribution in [0.15, 0.2) is 54.6 Å². The standard InChI is InChI=1S/C15H16FN/c1-12(14-5-3-2-4-6-14)17-11-13-7-9-15(16)10-8-13/h2-10,12,17H,11H2,1H3/p+1/t12-/m1/s1. The molecular formula is C15H17FN+. The molecule has 0 aliphatic carbocycles. The predicted molar refractivity (Wildman–Crippen MR) is 66.9 cm³/mol. The molecule has 0 fully saturated rings. The van der Waals surface area contributed by atoms with Gasteiger partial charge in [-0.25, -0.2) is 4.39 Å². The third-order valence-corrected chi connectivity index (χ3v) is 2.95. The molecule has 0 aliphatic heterocycles. The van der Waals surface area contributed by atoms with Crippen LogP contribution in [-0.2, 0) is 6.54 Å². The van der Waals surface area contributed by atoms with Gasteiger partial charge in [-0.15, -0.1) is 0 Å². The molecule has 88 valence electrons. The van der Waals surface area contributed by atoms with Crippen LogP contribution < -0.4 is 5.32 Å². The van der Waals surface area contributed by atoms with Crippen LogP contribution in [0.2, 0.25) is 0 Å². The summed E-state index contributed by atoms with van der Waals surface area (Å²) >= 11 is 0. The highest BCUT2D eigenvalue weighted by atomic mass is 19.1. The molecule has 0 aliphatic rings. The largest absolute Gasteiger partial charge is 0.337 e. The number of nitrogens with two attached hydrogens (primary N) is 1. The molecule has 2 N–H and O–H groups in total. The van der Waals surface area contributed by atoms with E-state index in [9.17, 15) is 4.39 Å². The molecule has 0 heterocycles. The second kappa shape index (κ2) is 5.60. The highest BCUT2D eigenvalue weighted by molar-refractivity contribution is 5.17. The molecule has 0 aromatic heterocycles. The van der Waals surface area contributed by atoms with Crippen LogP contribution in [0.25, 0.3) is 0 Å². The highest BCUT2D eigenvalue weighted by Gasteiger charge is 2.07. The van der Waals surface area contributed by atoms with Gasteiger partial charge in [0.2, 0.25) is 0 Å². The lowest BCUT2D eigenvalue weighted by molar-refractivity contribution is -0.707. The lowest BCUT2D eigenvalue weighted by atomic mass is 10.1. The minimum Gasteiger partial charge on any atom is -0.337 e. The Morgan fingerprint density at radius 2 is 1.65 bits per heavy atom. The van der Waals surface area contributed by atoms with Gasteiger partial charge in [-0.1, -0.05) is 42.5 Å². The lowest BCUT2D eigenvalue weighted by Gasteiger charge is -2.10. The van der Waals surface area contributed by atoms with Crippen LogP contribution in [0.5, 0.6) is 0 Å². The number of hydrogen-bond donors (Lipinski definition) is 1. The summed E-state index contributed by atoms with van der Waals surface area (Å²) in [6.07, 6.45) is 0. The van der Waals surface area contributed by atoms with Gasteiger partial charge in [0.25, 0.3) is 0 Å². The van der Waals surface area contributed by atoms with Crippen molar-refractivity contribution in [3.8, 4) is 0 Å². The first-order chi connectivity index (χ1) is 8.25. The summed E-state index contributed by atoms with van der Waals surface area (Å²) in [4.78, 5) is 0. The summed E-state index contributed by atoms with van der Waals surface area (Å²) in [5.41, 5.74) is 2.46. The maximum Gasteiger partial charge on any atom is 0.123 e. The van der Waals surface area contributed by atoms with Crippen LogP contribution in [0.4, 0.5) is 4.39 Å². The number of rotatable bonds is 4. The summed E-state index contributed by atoms with van der Waals surface area (Å²) in [6, 6.07) is 17.5. The van der Waals surface area contributed by atoms with Gasteiger partial charge in [0, 0.05) is 11.1 Å². The number of benzene rings is 2. The molecule has 2 rings (SSSR count). The molecule has 2 aromatic carbocycles. The Hall–Kier alpha value is -1.67. The number of quaternary nitrogens is 1. The van der Waals surface area contributed by atoms with E-state index < -0.39 is 0 Å². The molecule has 2 heteroatoms. The van der Waals surface area contributed by atoms with Gasteiger partial charge in [0.05, 0.1) is 0 Å². The van der Waals surface area contributed by atoms with Crippen LogP contribution in [0, 0.1) is 5.82 Å². The van der Waals surface area contributed by atoms with E-state index in [0.717, 1.165) is 12.1 Å². The molecular weight excluding hydrogens is 213 g/mol. The third kappa shape index (κ3) is 3.40. The summed E-state index contributed by atoms with van der Waals surface area (Å²) in [7, 11) is 0. The second-order valence-electron chi connectivity index (χ2n) is 4.27. The Kier molecular flexibility index (Phi) is 3.89. The van der Waals surface area contributed by atoms with Crippen LogP contribution >= 0.6 is 0 Å². The zero-order valence-electron chi connectivity index (χ0n) is 9.94. The fourth-order valence-corrected chi connectivity index (χ4v) is 1.83. The number of hydrogen-bond acceptors (Lipinski definition) is 0. The summed E-state index contributed by atoms with van der Waals surface area (Å²) in [5, 5.41) is 2.25. The minimum absolute atomic E-state index is 0.176. The Morgan fingerprint density at radius 1 is 1.00 bits per heavy atom. The maximum atomic E-state index is 12.7. The fraction of sp³-hybridized carbons (Fsp3) is 0.200. The van der Waals surface area contributed by atoms with Crippen molar-refractivity contribution in [1.82, 2.24) is 0 Å². The van der Waals surface area contributed by atoms with E-state index in [1.807, 2.05) is 18.2 Å².